The molecule has 0 saturated heterocycles. The predicted molar refractivity (Wildman–Crippen MR) is 139 cm³/mol. The molecular formula is C25H31N7O7. The summed E-state index contributed by atoms with van der Waals surface area (Å²) in [6.45, 7) is 4.73. The number of rotatable bonds is 11. The van der Waals surface area contributed by atoms with Crippen LogP contribution in [0.25, 0.3) is 11.0 Å². The lowest BCUT2D eigenvalue weighted by Gasteiger charge is -2.31. The highest BCUT2D eigenvalue weighted by Gasteiger charge is 2.37. The van der Waals surface area contributed by atoms with Crippen LogP contribution < -0.4 is 21.1 Å². The Kier molecular flexibility index (Phi) is 8.02. The summed E-state index contributed by atoms with van der Waals surface area (Å²) in [7, 11) is 1.45. The van der Waals surface area contributed by atoms with E-state index in [4.69, 9.17) is 20.3 Å². The second-order valence-electron chi connectivity index (χ2n) is 9.25. The van der Waals surface area contributed by atoms with Crippen molar-refractivity contribution in [2.24, 2.45) is 11.7 Å². The van der Waals surface area contributed by atoms with Crippen molar-refractivity contribution in [3.63, 3.8) is 0 Å². The number of carboxylic acid groups (broad SMARTS) is 1. The standard InChI is InChI=1S/C25H31N7O7/c1-4-32-18(8-13(2)30-32)22(34)29-24-28-17-11-14(21(26)33)12-19(38-3)20(17)31(24)7-5-6-27-25(37)39-16-9-15(10-16)23(35)36/h8,11-12,15-16H,4-7,9-10H2,1-3H3,(H2,26,33)(H,27,37)(H,35,36)(H,28,29,34). The first-order valence-corrected chi connectivity index (χ1v) is 12.5. The molecule has 14 heteroatoms. The Morgan fingerprint density at radius 3 is 2.59 bits per heavy atom. The molecule has 208 valence electrons. The molecule has 1 fully saturated rings. The molecule has 1 saturated carbocycles. The van der Waals surface area contributed by atoms with Gasteiger partial charge in [0.2, 0.25) is 11.9 Å². The molecule has 0 radical (unpaired) electrons. The van der Waals surface area contributed by atoms with Crippen molar-refractivity contribution in [3.8, 4) is 5.75 Å². The Hall–Kier alpha value is -4.62. The van der Waals surface area contributed by atoms with Crippen LogP contribution in [-0.2, 0) is 22.6 Å². The number of aryl methyl sites for hydroxylation is 3. The van der Waals surface area contributed by atoms with Gasteiger partial charge in [-0.25, -0.2) is 9.78 Å². The summed E-state index contributed by atoms with van der Waals surface area (Å²) in [5.74, 6) is -1.87. The molecule has 2 aromatic heterocycles. The van der Waals surface area contributed by atoms with E-state index in [-0.39, 0.29) is 18.1 Å². The minimum absolute atomic E-state index is 0.201. The third-order valence-corrected chi connectivity index (χ3v) is 6.52. The fraction of sp³-hybridized carbons (Fsp3) is 0.440. The molecule has 1 aliphatic rings. The van der Waals surface area contributed by atoms with E-state index in [1.165, 1.54) is 19.2 Å². The maximum atomic E-state index is 13.1. The van der Waals surface area contributed by atoms with Gasteiger partial charge in [-0.1, -0.05) is 0 Å². The molecule has 2 heterocycles. The molecule has 0 atom stereocenters. The van der Waals surface area contributed by atoms with Crippen LogP contribution >= 0.6 is 0 Å². The number of amides is 3. The highest BCUT2D eigenvalue weighted by Crippen LogP contribution is 2.32. The van der Waals surface area contributed by atoms with Crippen molar-refractivity contribution >= 4 is 40.9 Å². The second-order valence-corrected chi connectivity index (χ2v) is 9.25. The Balaban J connectivity index is 1.51. The van der Waals surface area contributed by atoms with Gasteiger partial charge in [0.05, 0.1) is 24.2 Å². The van der Waals surface area contributed by atoms with Crippen LogP contribution in [0.3, 0.4) is 0 Å². The van der Waals surface area contributed by atoms with Crippen molar-refractivity contribution < 1.29 is 33.8 Å². The Morgan fingerprint density at radius 2 is 1.95 bits per heavy atom. The first kappa shape index (κ1) is 27.4. The van der Waals surface area contributed by atoms with Gasteiger partial charge in [-0.3, -0.25) is 24.4 Å². The number of nitrogens with two attached hydrogens (primary N) is 1. The minimum atomic E-state index is -0.890. The van der Waals surface area contributed by atoms with Gasteiger partial charge in [-0.2, -0.15) is 5.10 Å². The van der Waals surface area contributed by atoms with E-state index >= 15 is 0 Å². The van der Waals surface area contributed by atoms with E-state index in [1.807, 2.05) is 6.92 Å². The molecular weight excluding hydrogens is 510 g/mol. The number of nitrogens with zero attached hydrogens (tertiary/aromatic N) is 4. The van der Waals surface area contributed by atoms with Gasteiger partial charge in [0, 0.05) is 25.2 Å². The smallest absolute Gasteiger partial charge is 0.407 e. The molecule has 14 nitrogen and oxygen atoms in total. The number of fused-ring (bicyclic) bond motifs is 1. The van der Waals surface area contributed by atoms with Crippen LogP contribution in [0.2, 0.25) is 0 Å². The van der Waals surface area contributed by atoms with Crippen molar-refractivity contribution in [1.29, 1.82) is 0 Å². The Labute approximate surface area is 223 Å². The van der Waals surface area contributed by atoms with E-state index in [0.717, 1.165) is 0 Å². The SMILES string of the molecule is CCn1nc(C)cc1C(=O)Nc1nc2cc(C(N)=O)cc(OC)c2n1CCCNC(=O)OC1CC(C(=O)O)C1. The number of nitrogens with one attached hydrogen (secondary N) is 2. The summed E-state index contributed by atoms with van der Waals surface area (Å²) in [5.41, 5.74) is 7.66. The number of primary amides is 1. The Bertz CT molecular complexity index is 1420. The number of hydrogen-bond donors (Lipinski definition) is 4. The van der Waals surface area contributed by atoms with Crippen LogP contribution in [0, 0.1) is 12.8 Å². The van der Waals surface area contributed by atoms with Gasteiger partial charge in [-0.05, 0) is 51.3 Å². The number of hydrogen-bond acceptors (Lipinski definition) is 8. The van der Waals surface area contributed by atoms with E-state index in [2.05, 4.69) is 20.7 Å². The summed E-state index contributed by atoms with van der Waals surface area (Å²) in [5, 5.41) is 18.7. The third-order valence-electron chi connectivity index (χ3n) is 6.52. The Morgan fingerprint density at radius 1 is 1.21 bits per heavy atom. The number of imidazole rings is 1. The molecule has 39 heavy (non-hydrogen) atoms. The summed E-state index contributed by atoms with van der Waals surface area (Å²) < 4.78 is 14.1. The molecule has 0 aliphatic heterocycles. The molecule has 3 aromatic rings. The number of carbonyl (C=O) groups excluding carboxylic acids is 3. The number of aromatic nitrogens is 4. The van der Waals surface area contributed by atoms with Gasteiger partial charge < -0.3 is 30.2 Å². The molecule has 1 aromatic carbocycles. The first-order valence-electron chi connectivity index (χ1n) is 12.5. The number of anilines is 1. The third kappa shape index (κ3) is 5.94. The zero-order chi connectivity index (χ0) is 28.3. The lowest BCUT2D eigenvalue weighted by Crippen LogP contribution is -2.40. The van der Waals surface area contributed by atoms with E-state index in [0.29, 0.717) is 60.5 Å². The van der Waals surface area contributed by atoms with Crippen LogP contribution in [0.1, 0.15) is 52.7 Å². The molecule has 0 spiro atoms. The van der Waals surface area contributed by atoms with Gasteiger partial charge >= 0.3 is 12.1 Å². The molecule has 0 bridgehead atoms. The van der Waals surface area contributed by atoms with E-state index in [1.54, 1.807) is 22.2 Å². The summed E-state index contributed by atoms with van der Waals surface area (Å²) in [6, 6.07) is 4.70. The fourth-order valence-electron chi connectivity index (χ4n) is 4.46. The second kappa shape index (κ2) is 11.4. The lowest BCUT2D eigenvalue weighted by molar-refractivity contribution is -0.148. The molecule has 5 N–H and O–H groups in total. The number of carbonyl (C=O) groups is 4. The molecule has 3 amide bonds. The molecule has 4 rings (SSSR count). The topological polar surface area (TPSA) is 193 Å². The minimum Gasteiger partial charge on any atom is -0.494 e. The summed E-state index contributed by atoms with van der Waals surface area (Å²) in [6.07, 6.45) is -0.000124. The fourth-order valence-corrected chi connectivity index (χ4v) is 4.46. The molecule has 0 unspecified atom stereocenters. The monoisotopic (exact) mass is 541 g/mol. The first-order chi connectivity index (χ1) is 18.6. The van der Waals surface area contributed by atoms with Crippen molar-refractivity contribution in [2.75, 3.05) is 19.0 Å². The largest absolute Gasteiger partial charge is 0.494 e. The highest BCUT2D eigenvalue weighted by atomic mass is 16.6. The van der Waals surface area contributed by atoms with Gasteiger partial charge in [0.25, 0.3) is 5.91 Å². The highest BCUT2D eigenvalue weighted by molar-refractivity contribution is 6.04. The van der Waals surface area contributed by atoms with Crippen LogP contribution in [-0.4, -0.2) is 68.1 Å². The van der Waals surface area contributed by atoms with Crippen molar-refractivity contribution in [2.45, 2.75) is 52.3 Å². The number of aliphatic carboxylic acids is 1. The summed E-state index contributed by atoms with van der Waals surface area (Å²) >= 11 is 0. The maximum absolute atomic E-state index is 13.1. The van der Waals surface area contributed by atoms with Gasteiger partial charge in [-0.15, -0.1) is 0 Å². The zero-order valence-electron chi connectivity index (χ0n) is 21.9. The lowest BCUT2D eigenvalue weighted by atomic mass is 9.82. The van der Waals surface area contributed by atoms with Crippen LogP contribution in [0.5, 0.6) is 5.75 Å². The zero-order valence-corrected chi connectivity index (χ0v) is 21.9. The van der Waals surface area contributed by atoms with Crippen LogP contribution in [0.4, 0.5) is 10.7 Å². The predicted octanol–water partition coefficient (Wildman–Crippen LogP) is 1.90. The average Bonchev–Trinajstić information content (AvgIpc) is 3.42. The molecule has 1 aliphatic carbocycles. The average molecular weight is 542 g/mol. The number of methoxy groups -OCH3 is 1. The van der Waals surface area contributed by atoms with Crippen LogP contribution in [0.15, 0.2) is 18.2 Å². The van der Waals surface area contributed by atoms with Gasteiger partial charge in [0.1, 0.15) is 23.1 Å². The van der Waals surface area contributed by atoms with E-state index < -0.39 is 35.9 Å². The maximum Gasteiger partial charge on any atom is 0.407 e. The summed E-state index contributed by atoms with van der Waals surface area (Å²) in [4.78, 5) is 52.5. The van der Waals surface area contributed by atoms with Crippen molar-refractivity contribution in [3.05, 3.63) is 35.2 Å². The number of benzene rings is 1. The van der Waals surface area contributed by atoms with Crippen molar-refractivity contribution in [1.82, 2.24) is 24.6 Å². The number of alkyl carbamates (subject to hydrolysis) is 1. The quantitative estimate of drug-likeness (QED) is 0.262. The van der Waals surface area contributed by atoms with E-state index in [9.17, 15) is 19.2 Å². The van der Waals surface area contributed by atoms with Gasteiger partial charge in [0.15, 0.2) is 0 Å². The normalized spacial score (nSPS) is 16.4. The number of ether oxygens (including phenoxy) is 2. The number of carboxylic acids is 1.